The monoisotopic (exact) mass is 427 g/mol. The van der Waals surface area contributed by atoms with Gasteiger partial charge in [-0.1, -0.05) is 18.2 Å². The van der Waals surface area contributed by atoms with Crippen LogP contribution in [0.15, 0.2) is 36.4 Å². The van der Waals surface area contributed by atoms with Gasteiger partial charge in [-0.05, 0) is 26.8 Å². The number of methoxy groups -OCH3 is 1. The quantitative estimate of drug-likeness (QED) is 0.290. The van der Waals surface area contributed by atoms with Crippen molar-refractivity contribution in [3.05, 3.63) is 42.0 Å². The standard InChI is InChI=1S/C17H29NO4.C4H4O4/c1-17(2,3)18-11-15(19)13-22-16-8-6-5-7-14(16)12-21-10-9-20-4;5-3(6)1-2-4(7)8/h5-8,15,18-19H,9-13H2,1-4H3;1-2H,(H,5,6)(H,7,8)/b;2-1+. The Morgan fingerprint density at radius 1 is 1.10 bits per heavy atom. The summed E-state index contributed by atoms with van der Waals surface area (Å²) in [6.07, 6.45) is 0.562. The molecule has 1 unspecified atom stereocenters. The van der Waals surface area contributed by atoms with Gasteiger partial charge in [-0.15, -0.1) is 0 Å². The highest BCUT2D eigenvalue weighted by molar-refractivity contribution is 5.89. The van der Waals surface area contributed by atoms with Gasteiger partial charge in [0.15, 0.2) is 0 Å². The molecule has 9 nitrogen and oxygen atoms in total. The summed E-state index contributed by atoms with van der Waals surface area (Å²) in [6, 6.07) is 7.70. The predicted octanol–water partition coefficient (Wildman–Crippen LogP) is 1.69. The molecule has 0 radical (unpaired) electrons. The molecule has 9 heteroatoms. The maximum Gasteiger partial charge on any atom is 0.328 e. The predicted molar refractivity (Wildman–Crippen MR) is 112 cm³/mol. The van der Waals surface area contributed by atoms with Crippen LogP contribution in [0.3, 0.4) is 0 Å². The van der Waals surface area contributed by atoms with Crippen LogP contribution in [0.2, 0.25) is 0 Å². The van der Waals surface area contributed by atoms with Crippen molar-refractivity contribution in [2.45, 2.75) is 39.0 Å². The fourth-order valence-electron chi connectivity index (χ4n) is 1.90. The van der Waals surface area contributed by atoms with Crippen molar-refractivity contribution in [2.24, 2.45) is 0 Å². The van der Waals surface area contributed by atoms with Gasteiger partial charge in [0.2, 0.25) is 0 Å². The van der Waals surface area contributed by atoms with E-state index in [4.69, 9.17) is 24.4 Å². The molecule has 0 saturated heterocycles. The van der Waals surface area contributed by atoms with Gasteiger partial charge in [0, 0.05) is 36.9 Å². The number of carbonyl (C=O) groups is 2. The van der Waals surface area contributed by atoms with Crippen LogP contribution < -0.4 is 10.1 Å². The number of carboxylic acid groups (broad SMARTS) is 2. The number of carboxylic acids is 2. The summed E-state index contributed by atoms with van der Waals surface area (Å²) in [5, 5.41) is 28.9. The average Bonchev–Trinajstić information content (AvgIpc) is 2.67. The topological polar surface area (TPSA) is 135 Å². The number of aliphatic hydroxyl groups is 1. The normalized spacial score (nSPS) is 12.2. The lowest BCUT2D eigenvalue weighted by Gasteiger charge is -2.23. The molecule has 1 aromatic carbocycles. The lowest BCUT2D eigenvalue weighted by molar-refractivity contribution is -0.134. The third-order valence-electron chi connectivity index (χ3n) is 3.33. The summed E-state index contributed by atoms with van der Waals surface area (Å²) in [5.41, 5.74) is 0.947. The molecule has 0 spiro atoms. The van der Waals surface area contributed by atoms with Gasteiger partial charge in [-0.25, -0.2) is 9.59 Å². The molecule has 0 aliphatic rings. The van der Waals surface area contributed by atoms with Crippen LogP contribution in [0.1, 0.15) is 26.3 Å². The minimum Gasteiger partial charge on any atom is -0.490 e. The van der Waals surface area contributed by atoms with Crippen LogP contribution in [0.4, 0.5) is 0 Å². The number of aliphatic hydroxyl groups excluding tert-OH is 1. The minimum absolute atomic E-state index is 0.0198. The summed E-state index contributed by atoms with van der Waals surface area (Å²) in [4.78, 5) is 19.1. The number of benzene rings is 1. The molecule has 0 amide bonds. The Bertz CT molecular complexity index is 639. The Labute approximate surface area is 177 Å². The number of nitrogens with one attached hydrogen (secondary N) is 1. The van der Waals surface area contributed by atoms with Gasteiger partial charge >= 0.3 is 11.9 Å². The van der Waals surface area contributed by atoms with Gasteiger partial charge in [0.25, 0.3) is 0 Å². The Morgan fingerprint density at radius 2 is 1.70 bits per heavy atom. The maximum absolute atomic E-state index is 9.98. The molecular weight excluding hydrogens is 394 g/mol. The van der Waals surface area contributed by atoms with E-state index < -0.39 is 18.0 Å². The van der Waals surface area contributed by atoms with E-state index in [1.54, 1.807) is 7.11 Å². The van der Waals surface area contributed by atoms with E-state index in [9.17, 15) is 14.7 Å². The van der Waals surface area contributed by atoms with E-state index in [1.807, 2.05) is 24.3 Å². The van der Waals surface area contributed by atoms with Crippen LogP contribution in [-0.2, 0) is 25.7 Å². The van der Waals surface area contributed by atoms with Gasteiger partial charge in [-0.3, -0.25) is 0 Å². The van der Waals surface area contributed by atoms with Crippen LogP contribution in [0.25, 0.3) is 0 Å². The van der Waals surface area contributed by atoms with Crippen molar-refractivity contribution in [1.29, 1.82) is 0 Å². The number of β-amino-alcohol motifs (C(OH)–C–C–N with tert-alkyl or cyclic N) is 1. The first kappa shape index (κ1) is 27.5. The SMILES string of the molecule is COCCOCc1ccccc1OCC(O)CNC(C)(C)C.O=C(O)/C=C/C(=O)O. The molecule has 30 heavy (non-hydrogen) atoms. The van der Waals surface area contributed by atoms with Gasteiger partial charge in [0.05, 0.1) is 19.8 Å². The van der Waals surface area contributed by atoms with Crippen LogP contribution >= 0.6 is 0 Å². The number of rotatable bonds is 12. The summed E-state index contributed by atoms with van der Waals surface area (Å²) < 4.78 is 16.2. The Hall–Kier alpha value is -2.46. The smallest absolute Gasteiger partial charge is 0.328 e. The van der Waals surface area contributed by atoms with Crippen molar-refractivity contribution in [1.82, 2.24) is 5.32 Å². The molecule has 0 aliphatic heterocycles. The van der Waals surface area contributed by atoms with Gasteiger partial charge in [0.1, 0.15) is 18.5 Å². The van der Waals surface area contributed by atoms with Gasteiger partial charge in [-0.2, -0.15) is 0 Å². The number of ether oxygens (including phenoxy) is 3. The first-order valence-electron chi connectivity index (χ1n) is 9.39. The van der Waals surface area contributed by atoms with Crippen LogP contribution in [-0.4, -0.2) is 72.4 Å². The van der Waals surface area contributed by atoms with Crippen molar-refractivity contribution in [3.63, 3.8) is 0 Å². The highest BCUT2D eigenvalue weighted by Crippen LogP contribution is 2.19. The first-order chi connectivity index (χ1) is 14.0. The average molecular weight is 427 g/mol. The Morgan fingerprint density at radius 3 is 2.23 bits per heavy atom. The number of para-hydroxylation sites is 1. The van der Waals surface area contributed by atoms with Crippen molar-refractivity contribution in [2.75, 3.05) is 33.5 Å². The van der Waals surface area contributed by atoms with E-state index in [0.717, 1.165) is 11.3 Å². The fraction of sp³-hybridized carbons (Fsp3) is 0.524. The zero-order valence-electron chi connectivity index (χ0n) is 18.0. The van der Waals surface area contributed by atoms with E-state index in [1.165, 1.54) is 0 Å². The number of aliphatic carboxylic acids is 2. The lowest BCUT2D eigenvalue weighted by atomic mass is 10.1. The number of hydrogen-bond acceptors (Lipinski definition) is 7. The minimum atomic E-state index is -1.26. The highest BCUT2D eigenvalue weighted by Gasteiger charge is 2.13. The lowest BCUT2D eigenvalue weighted by Crippen LogP contribution is -2.42. The Kier molecular flexibility index (Phi) is 14.1. The maximum atomic E-state index is 9.98. The van der Waals surface area contributed by atoms with Crippen LogP contribution in [0.5, 0.6) is 5.75 Å². The molecule has 170 valence electrons. The highest BCUT2D eigenvalue weighted by atomic mass is 16.5. The van der Waals surface area contributed by atoms with E-state index >= 15 is 0 Å². The molecule has 4 N–H and O–H groups in total. The number of hydrogen-bond donors (Lipinski definition) is 4. The summed E-state index contributed by atoms with van der Waals surface area (Å²) in [7, 11) is 1.65. The molecule has 0 saturated carbocycles. The van der Waals surface area contributed by atoms with Crippen molar-refractivity contribution < 1.29 is 39.1 Å². The first-order valence-corrected chi connectivity index (χ1v) is 9.39. The second-order valence-corrected chi connectivity index (χ2v) is 7.26. The second-order valence-electron chi connectivity index (χ2n) is 7.26. The zero-order valence-corrected chi connectivity index (χ0v) is 18.0. The molecule has 0 fully saturated rings. The molecule has 0 aromatic heterocycles. The Balaban J connectivity index is 0.000000890. The van der Waals surface area contributed by atoms with Crippen molar-refractivity contribution in [3.8, 4) is 5.75 Å². The molecule has 0 bridgehead atoms. The summed E-state index contributed by atoms with van der Waals surface area (Å²) >= 11 is 0. The molecule has 0 aliphatic carbocycles. The molecular formula is C21H33NO8. The van der Waals surface area contributed by atoms with Crippen LogP contribution in [0, 0.1) is 0 Å². The zero-order chi connectivity index (χ0) is 23.0. The molecule has 1 rings (SSSR count). The molecule has 1 atom stereocenters. The van der Waals surface area contributed by atoms with Gasteiger partial charge < -0.3 is 34.8 Å². The van der Waals surface area contributed by atoms with Crippen molar-refractivity contribution >= 4 is 11.9 Å². The third kappa shape index (κ3) is 16.5. The third-order valence-corrected chi connectivity index (χ3v) is 3.33. The van der Waals surface area contributed by atoms with E-state index in [2.05, 4.69) is 26.1 Å². The summed E-state index contributed by atoms with van der Waals surface area (Å²) in [6.45, 7) is 8.51. The van der Waals surface area contributed by atoms with E-state index in [-0.39, 0.29) is 12.1 Å². The van der Waals surface area contributed by atoms with E-state index in [0.29, 0.717) is 38.5 Å². The molecule has 1 aromatic rings. The fourth-order valence-corrected chi connectivity index (χ4v) is 1.90. The second kappa shape index (κ2) is 15.4. The summed E-state index contributed by atoms with van der Waals surface area (Å²) in [5.74, 6) is -1.77. The largest absolute Gasteiger partial charge is 0.490 e. The molecule has 0 heterocycles.